The Morgan fingerprint density at radius 1 is 1.00 bits per heavy atom. The number of rotatable bonds is 5. The van der Waals surface area contributed by atoms with E-state index >= 15 is 0 Å². The molecule has 0 bridgehead atoms. The molecule has 0 spiro atoms. The average Bonchev–Trinajstić information content (AvgIpc) is 3.21. The lowest BCUT2D eigenvalue weighted by molar-refractivity contribution is -0.132. The standard InChI is InChI=1S/C23H24N4O2S2/c28-22(9-10-27-18-6-2-4-8-20(18)30-16-23(27)29)26-13-11-25(12-14-26)15-21-24-17-5-1-3-7-19(17)31-21/h1-8H,9-16H2. The molecule has 3 aromatic rings. The third kappa shape index (κ3) is 4.46. The van der Waals surface area contributed by atoms with E-state index in [-0.39, 0.29) is 11.8 Å². The maximum atomic E-state index is 12.8. The van der Waals surface area contributed by atoms with Crippen LogP contribution in [-0.4, -0.2) is 65.1 Å². The van der Waals surface area contributed by atoms with Gasteiger partial charge in [0, 0.05) is 44.0 Å². The summed E-state index contributed by atoms with van der Waals surface area (Å²) in [6.07, 6.45) is 0.364. The SMILES string of the molecule is O=C(CCN1C(=O)CSc2ccccc21)N1CCN(Cc2nc3ccccc3s2)CC1. The number of aromatic nitrogens is 1. The monoisotopic (exact) mass is 452 g/mol. The highest BCUT2D eigenvalue weighted by molar-refractivity contribution is 8.00. The van der Waals surface area contributed by atoms with E-state index in [0.29, 0.717) is 18.7 Å². The molecule has 3 heterocycles. The van der Waals surface area contributed by atoms with Crippen molar-refractivity contribution in [2.75, 3.05) is 43.4 Å². The van der Waals surface area contributed by atoms with Crippen molar-refractivity contribution in [1.82, 2.24) is 14.8 Å². The fraction of sp³-hybridized carbons (Fsp3) is 0.348. The smallest absolute Gasteiger partial charge is 0.237 e. The Morgan fingerprint density at radius 3 is 2.61 bits per heavy atom. The van der Waals surface area contributed by atoms with Crippen LogP contribution in [0.5, 0.6) is 0 Å². The highest BCUT2D eigenvalue weighted by Crippen LogP contribution is 2.35. The van der Waals surface area contributed by atoms with Gasteiger partial charge in [-0.25, -0.2) is 4.98 Å². The van der Waals surface area contributed by atoms with E-state index in [1.807, 2.05) is 41.3 Å². The Bertz CT molecular complexity index is 1070. The van der Waals surface area contributed by atoms with Crippen molar-refractivity contribution in [3.05, 3.63) is 53.5 Å². The molecule has 0 aliphatic carbocycles. The second-order valence-electron chi connectivity index (χ2n) is 7.78. The minimum Gasteiger partial charge on any atom is -0.340 e. The van der Waals surface area contributed by atoms with E-state index in [9.17, 15) is 9.59 Å². The summed E-state index contributed by atoms with van der Waals surface area (Å²) in [6.45, 7) is 4.43. The molecule has 1 saturated heterocycles. The summed E-state index contributed by atoms with van der Waals surface area (Å²) in [5, 5.41) is 1.13. The number of carbonyl (C=O) groups excluding carboxylic acids is 2. The molecule has 0 radical (unpaired) electrons. The van der Waals surface area contributed by atoms with Crippen molar-refractivity contribution in [3.63, 3.8) is 0 Å². The van der Waals surface area contributed by atoms with Gasteiger partial charge in [0.1, 0.15) is 5.01 Å². The van der Waals surface area contributed by atoms with Gasteiger partial charge in [0.2, 0.25) is 11.8 Å². The second-order valence-corrected chi connectivity index (χ2v) is 9.92. The third-order valence-electron chi connectivity index (χ3n) is 5.78. The number of fused-ring (bicyclic) bond motifs is 2. The lowest BCUT2D eigenvalue weighted by atomic mass is 10.2. The molecule has 2 aromatic carbocycles. The topological polar surface area (TPSA) is 56.8 Å². The van der Waals surface area contributed by atoms with Gasteiger partial charge >= 0.3 is 0 Å². The van der Waals surface area contributed by atoms with Gasteiger partial charge in [-0.3, -0.25) is 14.5 Å². The second kappa shape index (κ2) is 8.98. The highest BCUT2D eigenvalue weighted by atomic mass is 32.2. The number of hydrogen-bond donors (Lipinski definition) is 0. The van der Waals surface area contributed by atoms with Gasteiger partial charge in [-0.1, -0.05) is 24.3 Å². The number of piperazine rings is 1. The molecule has 1 aromatic heterocycles. The zero-order valence-corrected chi connectivity index (χ0v) is 18.8. The fourth-order valence-electron chi connectivity index (χ4n) is 4.10. The Kier molecular flexibility index (Phi) is 5.93. The van der Waals surface area contributed by atoms with Crippen molar-refractivity contribution in [3.8, 4) is 0 Å². The highest BCUT2D eigenvalue weighted by Gasteiger charge is 2.27. The molecule has 0 atom stereocenters. The Hall–Kier alpha value is -2.42. The molecule has 2 aliphatic heterocycles. The predicted molar refractivity (Wildman–Crippen MR) is 126 cm³/mol. The number of thiazole rings is 1. The fourth-order valence-corrected chi connectivity index (χ4v) is 6.04. The summed E-state index contributed by atoms with van der Waals surface area (Å²) < 4.78 is 1.22. The zero-order chi connectivity index (χ0) is 21.2. The predicted octanol–water partition coefficient (Wildman–Crippen LogP) is 3.47. The van der Waals surface area contributed by atoms with Crippen LogP contribution < -0.4 is 4.90 Å². The van der Waals surface area contributed by atoms with E-state index in [4.69, 9.17) is 4.98 Å². The molecule has 6 nitrogen and oxygen atoms in total. The van der Waals surface area contributed by atoms with Gasteiger partial charge < -0.3 is 9.80 Å². The minimum absolute atomic E-state index is 0.0807. The molecule has 0 unspecified atom stereocenters. The van der Waals surface area contributed by atoms with E-state index < -0.39 is 0 Å². The number of para-hydroxylation sites is 2. The van der Waals surface area contributed by atoms with Gasteiger partial charge in [-0.15, -0.1) is 23.1 Å². The van der Waals surface area contributed by atoms with Crippen LogP contribution in [-0.2, 0) is 16.1 Å². The maximum Gasteiger partial charge on any atom is 0.237 e. The number of nitrogens with zero attached hydrogens (tertiary/aromatic N) is 4. The van der Waals surface area contributed by atoms with Crippen LogP contribution in [0.1, 0.15) is 11.4 Å². The van der Waals surface area contributed by atoms with Gasteiger partial charge in [0.15, 0.2) is 0 Å². The molecule has 160 valence electrons. The van der Waals surface area contributed by atoms with Crippen molar-refractivity contribution < 1.29 is 9.59 Å². The van der Waals surface area contributed by atoms with Crippen LogP contribution in [0.15, 0.2) is 53.4 Å². The number of thioether (sulfide) groups is 1. The average molecular weight is 453 g/mol. The molecule has 8 heteroatoms. The normalized spacial score (nSPS) is 17.2. The first-order chi connectivity index (χ1) is 15.2. The molecule has 1 fully saturated rings. The van der Waals surface area contributed by atoms with Crippen LogP contribution in [0.2, 0.25) is 0 Å². The minimum atomic E-state index is 0.0807. The number of hydrogen-bond acceptors (Lipinski definition) is 6. The first kappa shape index (κ1) is 20.5. The van der Waals surface area contributed by atoms with Gasteiger partial charge in [-0.2, -0.15) is 0 Å². The van der Waals surface area contributed by atoms with Gasteiger partial charge in [0.25, 0.3) is 0 Å². The van der Waals surface area contributed by atoms with E-state index in [0.717, 1.165) is 53.8 Å². The van der Waals surface area contributed by atoms with Gasteiger partial charge in [0.05, 0.1) is 28.2 Å². The third-order valence-corrected chi connectivity index (χ3v) is 7.85. The summed E-state index contributed by atoms with van der Waals surface area (Å²) in [7, 11) is 0. The number of anilines is 1. The molecular formula is C23H24N4O2S2. The Labute approximate surface area is 189 Å². The first-order valence-corrected chi connectivity index (χ1v) is 12.3. The van der Waals surface area contributed by atoms with Crippen molar-refractivity contribution >= 4 is 50.8 Å². The van der Waals surface area contributed by atoms with Crippen molar-refractivity contribution in [2.24, 2.45) is 0 Å². The van der Waals surface area contributed by atoms with Crippen LogP contribution in [0, 0.1) is 0 Å². The maximum absolute atomic E-state index is 12.8. The Balaban J connectivity index is 1.13. The van der Waals surface area contributed by atoms with E-state index in [1.165, 1.54) is 4.70 Å². The van der Waals surface area contributed by atoms with Crippen molar-refractivity contribution in [2.45, 2.75) is 17.9 Å². The van der Waals surface area contributed by atoms with Crippen LogP contribution >= 0.6 is 23.1 Å². The van der Waals surface area contributed by atoms with Crippen LogP contribution in [0.25, 0.3) is 10.2 Å². The molecule has 2 amide bonds. The lowest BCUT2D eigenvalue weighted by Gasteiger charge is -2.35. The summed E-state index contributed by atoms with van der Waals surface area (Å²) in [5.41, 5.74) is 1.99. The zero-order valence-electron chi connectivity index (χ0n) is 17.2. The summed E-state index contributed by atoms with van der Waals surface area (Å²) >= 11 is 3.31. The first-order valence-electron chi connectivity index (χ1n) is 10.5. The van der Waals surface area contributed by atoms with Gasteiger partial charge in [-0.05, 0) is 24.3 Å². The van der Waals surface area contributed by atoms with Crippen molar-refractivity contribution in [1.29, 1.82) is 0 Å². The summed E-state index contributed by atoms with van der Waals surface area (Å²) in [6, 6.07) is 16.1. The number of benzene rings is 2. The number of carbonyl (C=O) groups is 2. The van der Waals surface area contributed by atoms with E-state index in [2.05, 4.69) is 17.0 Å². The summed E-state index contributed by atoms with van der Waals surface area (Å²) in [5.74, 6) is 0.649. The molecular weight excluding hydrogens is 428 g/mol. The van der Waals surface area contributed by atoms with Crippen LogP contribution in [0.3, 0.4) is 0 Å². The lowest BCUT2D eigenvalue weighted by Crippen LogP contribution is -2.49. The van der Waals surface area contributed by atoms with Crippen LogP contribution in [0.4, 0.5) is 5.69 Å². The molecule has 0 saturated carbocycles. The summed E-state index contributed by atoms with van der Waals surface area (Å²) in [4.78, 5) is 37.1. The molecule has 31 heavy (non-hydrogen) atoms. The molecule has 5 rings (SSSR count). The van der Waals surface area contributed by atoms with E-state index in [1.54, 1.807) is 28.0 Å². The quantitative estimate of drug-likeness (QED) is 0.593. The Morgan fingerprint density at radius 2 is 1.77 bits per heavy atom. The largest absolute Gasteiger partial charge is 0.340 e. The molecule has 2 aliphatic rings. The molecule has 0 N–H and O–H groups in total. The number of amides is 2.